The lowest BCUT2D eigenvalue weighted by atomic mass is 10.2. The maximum atomic E-state index is 13.7. The summed E-state index contributed by atoms with van der Waals surface area (Å²) in [5, 5.41) is 2.52. The van der Waals surface area contributed by atoms with Gasteiger partial charge in [0.2, 0.25) is 0 Å². The van der Waals surface area contributed by atoms with Gasteiger partial charge in [0.15, 0.2) is 0 Å². The van der Waals surface area contributed by atoms with E-state index >= 15 is 0 Å². The van der Waals surface area contributed by atoms with Gasteiger partial charge in [0.25, 0.3) is 5.91 Å². The molecule has 1 aliphatic heterocycles. The molecule has 23 heavy (non-hydrogen) atoms. The molecule has 6 heteroatoms. The van der Waals surface area contributed by atoms with E-state index in [2.05, 4.69) is 21.2 Å². The molecular weight excluding hydrogens is 363 g/mol. The molecule has 2 aromatic rings. The number of nitrogens with zero attached hydrogens (tertiary/aromatic N) is 1. The normalized spacial score (nSPS) is 16.1. The Labute approximate surface area is 140 Å². The first-order valence-corrected chi connectivity index (χ1v) is 7.67. The number of hydrogen-bond donors (Lipinski definition) is 1. The summed E-state index contributed by atoms with van der Waals surface area (Å²) in [6, 6.07) is 12.8. The van der Waals surface area contributed by atoms with Crippen molar-refractivity contribution in [3.05, 3.63) is 75.6 Å². The van der Waals surface area contributed by atoms with Gasteiger partial charge in [0, 0.05) is 10.0 Å². The van der Waals surface area contributed by atoms with Crippen LogP contribution >= 0.6 is 15.9 Å². The third kappa shape index (κ3) is 3.32. The van der Waals surface area contributed by atoms with Crippen LogP contribution < -0.4 is 5.32 Å². The minimum absolute atomic E-state index is 0.104. The molecule has 0 aliphatic carbocycles. The number of benzene rings is 2. The summed E-state index contributed by atoms with van der Waals surface area (Å²) >= 11 is 3.35. The van der Waals surface area contributed by atoms with E-state index in [0.717, 1.165) is 14.9 Å². The van der Waals surface area contributed by atoms with Gasteiger partial charge in [-0.15, -0.1) is 0 Å². The number of carbonyl (C=O) groups is 2. The van der Waals surface area contributed by atoms with E-state index in [1.165, 1.54) is 6.07 Å². The molecule has 1 N–H and O–H groups in total. The summed E-state index contributed by atoms with van der Waals surface area (Å²) in [6.07, 6.45) is 1.59. The van der Waals surface area contributed by atoms with Crippen LogP contribution in [-0.2, 0) is 11.3 Å². The lowest BCUT2D eigenvalue weighted by Gasteiger charge is -2.12. The first-order chi connectivity index (χ1) is 11.0. The Hall–Kier alpha value is -2.47. The molecule has 4 nitrogen and oxygen atoms in total. The van der Waals surface area contributed by atoms with Crippen LogP contribution in [0.1, 0.15) is 11.1 Å². The predicted molar refractivity (Wildman–Crippen MR) is 87.6 cm³/mol. The van der Waals surface area contributed by atoms with E-state index in [-0.39, 0.29) is 12.2 Å². The van der Waals surface area contributed by atoms with Crippen LogP contribution in [0.15, 0.2) is 58.7 Å². The van der Waals surface area contributed by atoms with Crippen LogP contribution in [0.3, 0.4) is 0 Å². The van der Waals surface area contributed by atoms with Crippen molar-refractivity contribution in [2.75, 3.05) is 0 Å². The fraction of sp³-hybridized carbons (Fsp3) is 0.0588. The van der Waals surface area contributed by atoms with E-state index < -0.39 is 17.8 Å². The average Bonchev–Trinajstić information content (AvgIpc) is 2.77. The first kappa shape index (κ1) is 15.4. The zero-order valence-electron chi connectivity index (χ0n) is 11.9. The maximum absolute atomic E-state index is 13.7. The second-order valence-corrected chi connectivity index (χ2v) is 5.94. The summed E-state index contributed by atoms with van der Waals surface area (Å²) in [5.41, 5.74) is 1.24. The second kappa shape index (κ2) is 6.34. The van der Waals surface area contributed by atoms with Gasteiger partial charge in [0.1, 0.15) is 11.5 Å². The Kier molecular flexibility index (Phi) is 4.25. The molecule has 1 fully saturated rings. The number of halogens is 2. The zero-order chi connectivity index (χ0) is 16.4. The van der Waals surface area contributed by atoms with Crippen LogP contribution in [0.2, 0.25) is 0 Å². The number of carbonyl (C=O) groups excluding carboxylic acids is 2. The van der Waals surface area contributed by atoms with Gasteiger partial charge in [-0.2, -0.15) is 0 Å². The molecule has 0 bridgehead atoms. The number of hydrogen-bond acceptors (Lipinski definition) is 2. The Morgan fingerprint density at radius 1 is 1.13 bits per heavy atom. The van der Waals surface area contributed by atoms with Gasteiger partial charge in [-0.25, -0.2) is 9.18 Å². The zero-order valence-corrected chi connectivity index (χ0v) is 13.5. The standard InChI is InChI=1S/C17H12BrFN2O2/c18-13-6-3-4-11(8-13)9-15-16(22)21(17(23)20-15)10-12-5-1-2-7-14(12)19/h1-9H,10H2,(H,20,23)/b15-9+. The molecule has 3 rings (SSSR count). The maximum Gasteiger partial charge on any atom is 0.329 e. The summed E-state index contributed by atoms with van der Waals surface area (Å²) in [5.74, 6) is -0.921. The third-order valence-corrected chi connectivity index (χ3v) is 3.90. The van der Waals surface area contributed by atoms with E-state index in [0.29, 0.717) is 5.56 Å². The van der Waals surface area contributed by atoms with Crippen molar-refractivity contribution in [1.29, 1.82) is 0 Å². The molecule has 0 spiro atoms. The lowest BCUT2D eigenvalue weighted by molar-refractivity contribution is -0.123. The van der Waals surface area contributed by atoms with Gasteiger partial charge in [-0.3, -0.25) is 9.69 Å². The summed E-state index contributed by atoms with van der Waals surface area (Å²) in [7, 11) is 0. The molecule has 1 saturated heterocycles. The highest BCUT2D eigenvalue weighted by Crippen LogP contribution is 2.19. The van der Waals surface area contributed by atoms with Crippen molar-refractivity contribution in [2.24, 2.45) is 0 Å². The SMILES string of the molecule is O=C1N/C(=C/c2cccc(Br)c2)C(=O)N1Cc1ccccc1F. The molecule has 3 amide bonds. The van der Waals surface area contributed by atoms with E-state index in [1.807, 2.05) is 24.3 Å². The van der Waals surface area contributed by atoms with Crippen molar-refractivity contribution in [3.8, 4) is 0 Å². The summed E-state index contributed by atoms with van der Waals surface area (Å²) < 4.78 is 14.6. The van der Waals surface area contributed by atoms with Gasteiger partial charge >= 0.3 is 6.03 Å². The topological polar surface area (TPSA) is 49.4 Å². The number of imide groups is 1. The van der Waals surface area contributed by atoms with Crippen molar-refractivity contribution >= 4 is 33.9 Å². The van der Waals surface area contributed by atoms with E-state index in [9.17, 15) is 14.0 Å². The van der Waals surface area contributed by atoms with E-state index in [1.54, 1.807) is 24.3 Å². The number of nitrogens with one attached hydrogen (secondary N) is 1. The fourth-order valence-corrected chi connectivity index (χ4v) is 2.69. The Bertz CT molecular complexity index is 820. The molecule has 0 saturated carbocycles. The van der Waals surface area contributed by atoms with Crippen molar-refractivity contribution < 1.29 is 14.0 Å². The summed E-state index contributed by atoms with van der Waals surface area (Å²) in [4.78, 5) is 25.3. The molecule has 116 valence electrons. The molecule has 0 unspecified atom stereocenters. The van der Waals surface area contributed by atoms with Crippen LogP contribution in [-0.4, -0.2) is 16.8 Å². The molecule has 0 radical (unpaired) electrons. The van der Waals surface area contributed by atoms with Gasteiger partial charge in [-0.1, -0.05) is 46.3 Å². The quantitative estimate of drug-likeness (QED) is 0.657. The summed E-state index contributed by atoms with van der Waals surface area (Å²) in [6.45, 7) is -0.104. The second-order valence-electron chi connectivity index (χ2n) is 5.03. The van der Waals surface area contributed by atoms with Crippen LogP contribution in [0.4, 0.5) is 9.18 Å². The molecule has 2 aromatic carbocycles. The Morgan fingerprint density at radius 3 is 2.65 bits per heavy atom. The van der Waals surface area contributed by atoms with Crippen molar-refractivity contribution in [3.63, 3.8) is 0 Å². The smallest absolute Gasteiger partial charge is 0.303 e. The van der Waals surface area contributed by atoms with Crippen molar-refractivity contribution in [2.45, 2.75) is 6.54 Å². The third-order valence-electron chi connectivity index (χ3n) is 3.41. The number of amides is 3. The first-order valence-electron chi connectivity index (χ1n) is 6.88. The fourth-order valence-electron chi connectivity index (χ4n) is 2.28. The molecule has 0 aromatic heterocycles. The minimum atomic E-state index is -0.556. The lowest BCUT2D eigenvalue weighted by Crippen LogP contribution is -2.30. The average molecular weight is 375 g/mol. The van der Waals surface area contributed by atoms with Crippen LogP contribution in [0, 0.1) is 5.82 Å². The van der Waals surface area contributed by atoms with Crippen LogP contribution in [0.25, 0.3) is 6.08 Å². The van der Waals surface area contributed by atoms with Gasteiger partial charge in [-0.05, 0) is 29.8 Å². The highest BCUT2D eigenvalue weighted by Gasteiger charge is 2.33. The van der Waals surface area contributed by atoms with Gasteiger partial charge in [0.05, 0.1) is 6.54 Å². The molecular formula is C17H12BrFN2O2. The largest absolute Gasteiger partial charge is 0.329 e. The number of rotatable bonds is 3. The molecule has 0 atom stereocenters. The number of urea groups is 1. The van der Waals surface area contributed by atoms with Gasteiger partial charge < -0.3 is 5.32 Å². The Balaban J connectivity index is 1.84. The van der Waals surface area contributed by atoms with E-state index in [4.69, 9.17) is 0 Å². The highest BCUT2D eigenvalue weighted by atomic mass is 79.9. The minimum Gasteiger partial charge on any atom is -0.303 e. The van der Waals surface area contributed by atoms with Crippen molar-refractivity contribution in [1.82, 2.24) is 10.2 Å². The monoisotopic (exact) mass is 374 g/mol. The highest BCUT2D eigenvalue weighted by molar-refractivity contribution is 9.10. The predicted octanol–water partition coefficient (Wildman–Crippen LogP) is 3.68. The molecule has 1 aliphatic rings. The van der Waals surface area contributed by atoms with Crippen LogP contribution in [0.5, 0.6) is 0 Å². The molecule has 1 heterocycles. The Morgan fingerprint density at radius 2 is 1.91 bits per heavy atom.